The van der Waals surface area contributed by atoms with E-state index in [1.54, 1.807) is 29.5 Å². The highest BCUT2D eigenvalue weighted by Gasteiger charge is 2.22. The Morgan fingerprint density at radius 2 is 1.96 bits per heavy atom. The van der Waals surface area contributed by atoms with Crippen molar-refractivity contribution in [3.63, 3.8) is 0 Å². The van der Waals surface area contributed by atoms with Gasteiger partial charge in [0.05, 0.1) is 21.8 Å². The van der Waals surface area contributed by atoms with E-state index in [-0.39, 0.29) is 11.6 Å². The molecular formula is C18H21BN2O2S3. The van der Waals surface area contributed by atoms with Gasteiger partial charge >= 0.3 is 5.97 Å². The molecule has 2 atom stereocenters. The van der Waals surface area contributed by atoms with Gasteiger partial charge in [-0.15, -0.1) is 23.0 Å². The second-order valence-electron chi connectivity index (χ2n) is 5.32. The van der Waals surface area contributed by atoms with Gasteiger partial charge in [-0.25, -0.2) is 9.78 Å². The zero-order chi connectivity index (χ0) is 19.3. The van der Waals surface area contributed by atoms with Crippen LogP contribution in [0.25, 0.3) is 10.2 Å². The molecule has 0 bridgehead atoms. The van der Waals surface area contributed by atoms with Crippen molar-refractivity contribution in [3.8, 4) is 0 Å². The SMILES string of the molecule is CC.[B]S(S)(NC(C)c1nc2ccccc2s1)c1cccc(C(=O)O)c1. The number of carboxylic acids is 1. The van der Waals surface area contributed by atoms with Gasteiger partial charge in [-0.05, 0) is 37.3 Å². The zero-order valence-electron chi connectivity index (χ0n) is 14.8. The monoisotopic (exact) mass is 404 g/mol. The highest BCUT2D eigenvalue weighted by Crippen LogP contribution is 2.54. The molecule has 2 aromatic carbocycles. The lowest BCUT2D eigenvalue weighted by atomic mass is 10.2. The summed E-state index contributed by atoms with van der Waals surface area (Å²) < 4.78 is 4.41. The lowest BCUT2D eigenvalue weighted by molar-refractivity contribution is 0.0696. The van der Waals surface area contributed by atoms with Crippen LogP contribution in [-0.4, -0.2) is 23.2 Å². The van der Waals surface area contributed by atoms with Crippen LogP contribution in [0.2, 0.25) is 0 Å². The smallest absolute Gasteiger partial charge is 0.335 e. The van der Waals surface area contributed by atoms with Gasteiger partial charge in [-0.2, -0.15) is 9.10 Å². The summed E-state index contributed by atoms with van der Waals surface area (Å²) >= 11 is 6.18. The number of thiazole rings is 1. The number of benzene rings is 2. The van der Waals surface area contributed by atoms with E-state index in [1.807, 2.05) is 45.0 Å². The average Bonchev–Trinajstić information content (AvgIpc) is 3.07. The van der Waals surface area contributed by atoms with Crippen LogP contribution in [0.3, 0.4) is 0 Å². The molecule has 136 valence electrons. The number of aromatic carboxylic acids is 1. The Labute approximate surface area is 165 Å². The lowest BCUT2D eigenvalue weighted by Crippen LogP contribution is -2.21. The quantitative estimate of drug-likeness (QED) is 0.304. The molecule has 2 unspecified atom stereocenters. The normalized spacial score (nSPS) is 15.4. The van der Waals surface area contributed by atoms with Crippen LogP contribution in [0.5, 0.6) is 0 Å². The maximum atomic E-state index is 11.1. The second kappa shape index (κ2) is 8.95. The number of para-hydroxylation sites is 1. The number of carbonyl (C=O) groups is 1. The molecule has 1 aromatic heterocycles. The number of hydrogen-bond donors (Lipinski definition) is 3. The average molecular weight is 404 g/mol. The molecule has 3 rings (SSSR count). The van der Waals surface area contributed by atoms with Gasteiger partial charge < -0.3 is 5.11 Å². The van der Waals surface area contributed by atoms with Gasteiger partial charge in [0.15, 0.2) is 7.12 Å². The summed E-state index contributed by atoms with van der Waals surface area (Å²) in [5, 5.41) is 10.0. The molecule has 0 saturated heterocycles. The summed E-state index contributed by atoms with van der Waals surface area (Å²) in [5.74, 6) is -0.986. The van der Waals surface area contributed by atoms with Crippen LogP contribution < -0.4 is 4.72 Å². The zero-order valence-corrected chi connectivity index (χ0v) is 17.4. The number of aromatic nitrogens is 1. The molecule has 0 spiro atoms. The minimum Gasteiger partial charge on any atom is -0.478 e. The van der Waals surface area contributed by atoms with Crippen molar-refractivity contribution < 1.29 is 9.90 Å². The molecule has 0 aliphatic carbocycles. The Bertz CT molecular complexity index is 866. The molecule has 3 aromatic rings. The van der Waals surface area contributed by atoms with Crippen LogP contribution >= 0.6 is 32.1 Å². The van der Waals surface area contributed by atoms with Gasteiger partial charge in [0, 0.05) is 4.90 Å². The third-order valence-corrected chi connectivity index (χ3v) is 7.33. The Morgan fingerprint density at radius 1 is 1.27 bits per heavy atom. The number of rotatable bonds is 5. The molecule has 26 heavy (non-hydrogen) atoms. The van der Waals surface area contributed by atoms with Crippen LogP contribution in [0.15, 0.2) is 53.4 Å². The van der Waals surface area contributed by atoms with E-state index in [0.29, 0.717) is 4.90 Å². The maximum Gasteiger partial charge on any atom is 0.335 e. The van der Waals surface area contributed by atoms with E-state index in [4.69, 9.17) is 12.2 Å². The predicted molar refractivity (Wildman–Crippen MR) is 117 cm³/mol. The van der Waals surface area contributed by atoms with E-state index in [9.17, 15) is 4.79 Å². The molecule has 0 saturated carbocycles. The molecule has 0 fully saturated rings. The van der Waals surface area contributed by atoms with Gasteiger partial charge in [0.1, 0.15) is 5.01 Å². The van der Waals surface area contributed by atoms with Gasteiger partial charge in [0.25, 0.3) is 0 Å². The van der Waals surface area contributed by atoms with Crippen molar-refractivity contribution in [3.05, 3.63) is 59.1 Å². The van der Waals surface area contributed by atoms with Crippen molar-refractivity contribution >= 4 is 55.4 Å². The van der Waals surface area contributed by atoms with Crippen LogP contribution in [0.4, 0.5) is 0 Å². The molecule has 0 aliphatic rings. The Hall–Kier alpha value is -1.48. The number of nitrogens with zero attached hydrogens (tertiary/aromatic N) is 1. The topological polar surface area (TPSA) is 62.2 Å². The van der Waals surface area contributed by atoms with Gasteiger partial charge in [0.2, 0.25) is 0 Å². The molecule has 4 nitrogen and oxygen atoms in total. The number of nitrogens with one attached hydrogen (secondary N) is 1. The maximum absolute atomic E-state index is 11.1. The minimum atomic E-state index is -2.15. The first-order valence-electron chi connectivity index (χ1n) is 8.16. The van der Waals surface area contributed by atoms with E-state index in [0.717, 1.165) is 15.2 Å². The van der Waals surface area contributed by atoms with E-state index in [1.165, 1.54) is 6.07 Å². The minimum absolute atomic E-state index is 0.103. The van der Waals surface area contributed by atoms with Gasteiger partial charge in [-0.1, -0.05) is 32.0 Å². The number of hydrogen-bond acceptors (Lipinski definition) is 5. The van der Waals surface area contributed by atoms with Crippen LogP contribution in [-0.2, 0) is 0 Å². The molecule has 0 amide bonds. The number of fused-ring (bicyclic) bond motifs is 1. The number of thiol groups is 1. The lowest BCUT2D eigenvalue weighted by Gasteiger charge is -2.35. The van der Waals surface area contributed by atoms with Crippen molar-refractivity contribution in [1.82, 2.24) is 9.71 Å². The fourth-order valence-electron chi connectivity index (χ4n) is 2.29. The Balaban J connectivity index is 0.00000117. The summed E-state index contributed by atoms with van der Waals surface area (Å²) in [6, 6.07) is 14.4. The standard InChI is InChI=1S/C16H15BN2O2S3.C2H6/c1-10(15-18-13-7-2-3-8-14(13)23-15)19-24(17,22)12-6-4-5-11(9-12)16(20)21;1-2/h2-10,19,22H,1H3,(H,20,21);1-2H3. The predicted octanol–water partition coefficient (Wildman–Crippen LogP) is 5.38. The van der Waals surface area contributed by atoms with Crippen LogP contribution in [0.1, 0.15) is 42.2 Å². The van der Waals surface area contributed by atoms with Crippen LogP contribution in [0, 0.1) is 0 Å². The summed E-state index contributed by atoms with van der Waals surface area (Å²) in [7, 11) is 4.21. The van der Waals surface area contributed by atoms with Crippen molar-refractivity contribution in [2.24, 2.45) is 0 Å². The third kappa shape index (κ3) is 4.82. The summed E-state index contributed by atoms with van der Waals surface area (Å²) in [4.78, 5) is 16.4. The molecule has 0 aliphatic heterocycles. The molecule has 2 N–H and O–H groups in total. The summed E-state index contributed by atoms with van der Waals surface area (Å²) in [5.41, 5.74) is 1.15. The molecule has 8 heteroatoms. The largest absolute Gasteiger partial charge is 0.478 e. The molecular weight excluding hydrogens is 383 g/mol. The highest BCUT2D eigenvalue weighted by atomic mass is 33.1. The summed E-state index contributed by atoms with van der Waals surface area (Å²) in [6.45, 7) is 5.98. The Kier molecular flexibility index (Phi) is 7.17. The van der Waals surface area contributed by atoms with Crippen molar-refractivity contribution in [2.45, 2.75) is 31.7 Å². The van der Waals surface area contributed by atoms with E-state index >= 15 is 0 Å². The van der Waals surface area contributed by atoms with E-state index in [2.05, 4.69) is 21.4 Å². The first-order valence-corrected chi connectivity index (χ1v) is 11.7. The van der Waals surface area contributed by atoms with E-state index < -0.39 is 15.1 Å². The Morgan fingerprint density at radius 3 is 2.62 bits per heavy atom. The first-order chi connectivity index (χ1) is 12.4. The van der Waals surface area contributed by atoms with Crippen molar-refractivity contribution in [1.29, 1.82) is 0 Å². The second-order valence-corrected chi connectivity index (χ2v) is 10.1. The fourth-order valence-corrected chi connectivity index (χ4v) is 5.52. The van der Waals surface area contributed by atoms with Gasteiger partial charge in [-0.3, -0.25) is 4.72 Å². The summed E-state index contributed by atoms with van der Waals surface area (Å²) in [6.07, 6.45) is 0. The molecule has 1 heterocycles. The third-order valence-electron chi connectivity index (χ3n) is 3.48. The highest BCUT2D eigenvalue weighted by molar-refractivity contribution is 8.95. The van der Waals surface area contributed by atoms with Crippen molar-refractivity contribution in [2.75, 3.05) is 0 Å². The first kappa shape index (κ1) is 20.8. The number of carboxylic acid groups (broad SMARTS) is 1. The molecule has 2 radical (unpaired) electrons. The fraction of sp³-hybridized carbons (Fsp3) is 0.222.